The Balaban J connectivity index is 1.89. The molecule has 9 nitrogen and oxygen atoms in total. The Labute approximate surface area is 143 Å². The van der Waals surface area contributed by atoms with Gasteiger partial charge in [0.1, 0.15) is 17.6 Å². The van der Waals surface area contributed by atoms with E-state index in [4.69, 9.17) is 18.9 Å². The zero-order valence-corrected chi connectivity index (χ0v) is 14.3. The minimum Gasteiger partial charge on any atom is -0.743 e. The molecule has 0 spiro atoms. The van der Waals surface area contributed by atoms with E-state index < -0.39 is 33.4 Å². The smallest absolute Gasteiger partial charge is 0.367 e. The van der Waals surface area contributed by atoms with Crippen LogP contribution >= 0.6 is 0 Å². The lowest BCUT2D eigenvalue weighted by molar-refractivity contribution is -0.169. The zero-order chi connectivity index (χ0) is 18.7. The van der Waals surface area contributed by atoms with Crippen molar-refractivity contribution in [1.82, 2.24) is 0 Å². The highest BCUT2D eigenvalue weighted by molar-refractivity contribution is 7.86. The molecule has 0 saturated carbocycles. The topological polar surface area (TPSA) is 127 Å². The van der Waals surface area contributed by atoms with Crippen molar-refractivity contribution in [2.45, 2.75) is 24.4 Å². The largest absolute Gasteiger partial charge is 0.743 e. The molecule has 0 N–H and O–H groups in total. The molecular weight excluding hydrogens is 370 g/mol. The van der Waals surface area contributed by atoms with Crippen molar-refractivity contribution in [3.63, 3.8) is 0 Å². The molecule has 0 aromatic heterocycles. The first-order valence-electron chi connectivity index (χ1n) is 7.43. The van der Waals surface area contributed by atoms with Gasteiger partial charge in [0.2, 0.25) is 0 Å². The number of carbonyl (C=O) groups excluding carboxylic acids is 1. The van der Waals surface area contributed by atoms with Gasteiger partial charge >= 0.3 is 11.2 Å². The summed E-state index contributed by atoms with van der Waals surface area (Å²) < 4.78 is 82.5. The van der Waals surface area contributed by atoms with Crippen LogP contribution in [0.25, 0.3) is 0 Å². The van der Waals surface area contributed by atoms with Crippen LogP contribution in [0.3, 0.4) is 0 Å². The van der Waals surface area contributed by atoms with E-state index >= 15 is 0 Å². The molecule has 0 amide bonds. The summed E-state index contributed by atoms with van der Waals surface area (Å²) >= 11 is 0. The van der Waals surface area contributed by atoms with Gasteiger partial charge in [0.05, 0.1) is 39.6 Å². The fourth-order valence-electron chi connectivity index (χ4n) is 1.72. The summed E-state index contributed by atoms with van der Waals surface area (Å²) in [7, 11) is -5.94. The SMILES string of the molecule is CC(COCC1CO1)(COCC1CO1)C(=O)OCC(F)(F)S(=O)(=O)[O-]. The van der Waals surface area contributed by atoms with Gasteiger partial charge < -0.3 is 28.2 Å². The molecule has 0 aromatic carbocycles. The average Bonchev–Trinajstić information content (AvgIpc) is 3.38. The maximum atomic E-state index is 13.1. The van der Waals surface area contributed by atoms with E-state index in [1.165, 1.54) is 6.92 Å². The van der Waals surface area contributed by atoms with Gasteiger partial charge in [-0.2, -0.15) is 8.78 Å². The molecule has 2 saturated heterocycles. The minimum atomic E-state index is -5.94. The van der Waals surface area contributed by atoms with Gasteiger partial charge in [-0.05, 0) is 6.92 Å². The van der Waals surface area contributed by atoms with E-state index in [0.29, 0.717) is 13.2 Å². The molecule has 12 heteroatoms. The molecule has 2 aliphatic rings. The Morgan fingerprint density at radius 2 is 1.56 bits per heavy atom. The van der Waals surface area contributed by atoms with E-state index in [1.54, 1.807) is 0 Å². The predicted octanol–water partition coefficient (Wildman–Crippen LogP) is -0.495. The van der Waals surface area contributed by atoms with Crippen LogP contribution in [0.1, 0.15) is 6.92 Å². The van der Waals surface area contributed by atoms with Crippen molar-refractivity contribution < 1.29 is 50.2 Å². The molecule has 2 heterocycles. The van der Waals surface area contributed by atoms with E-state index in [1.807, 2.05) is 0 Å². The second-order valence-corrected chi connectivity index (χ2v) is 7.67. The van der Waals surface area contributed by atoms with Crippen molar-refractivity contribution >= 4 is 16.1 Å². The highest BCUT2D eigenvalue weighted by Gasteiger charge is 2.43. The molecule has 2 unspecified atom stereocenters. The number of epoxide rings is 2. The van der Waals surface area contributed by atoms with Crippen LogP contribution in [0.5, 0.6) is 0 Å². The van der Waals surface area contributed by atoms with Gasteiger partial charge in [0, 0.05) is 0 Å². The Hall–Kier alpha value is -0.920. The molecule has 25 heavy (non-hydrogen) atoms. The molecule has 0 radical (unpaired) electrons. The average molecular weight is 389 g/mol. The van der Waals surface area contributed by atoms with E-state index in [0.717, 1.165) is 0 Å². The van der Waals surface area contributed by atoms with Crippen LogP contribution in [0.15, 0.2) is 0 Å². The Morgan fingerprint density at radius 1 is 1.12 bits per heavy atom. The summed E-state index contributed by atoms with van der Waals surface area (Å²) in [6.07, 6.45) is -0.146. The van der Waals surface area contributed by atoms with Crippen molar-refractivity contribution in [3.8, 4) is 0 Å². The fraction of sp³-hybridized carbons (Fsp3) is 0.923. The fourth-order valence-corrected chi connectivity index (χ4v) is 1.92. The summed E-state index contributed by atoms with van der Waals surface area (Å²) in [5.74, 6) is -1.16. The second-order valence-electron chi connectivity index (χ2n) is 6.17. The number of halogens is 2. The molecule has 0 aromatic rings. The van der Waals surface area contributed by atoms with Crippen molar-refractivity contribution in [2.75, 3.05) is 46.2 Å². The zero-order valence-electron chi connectivity index (χ0n) is 13.4. The molecule has 146 valence electrons. The van der Waals surface area contributed by atoms with Crippen molar-refractivity contribution in [3.05, 3.63) is 0 Å². The number of hydrogen-bond donors (Lipinski definition) is 0. The van der Waals surface area contributed by atoms with Gasteiger partial charge in [-0.15, -0.1) is 0 Å². The molecule has 0 bridgehead atoms. The summed E-state index contributed by atoms with van der Waals surface area (Å²) in [6, 6.07) is 0. The predicted molar refractivity (Wildman–Crippen MR) is 74.8 cm³/mol. The maximum Gasteiger partial charge on any atom is 0.367 e. The lowest BCUT2D eigenvalue weighted by atomic mass is 9.93. The molecule has 2 aliphatic heterocycles. The first-order valence-corrected chi connectivity index (χ1v) is 8.83. The Bertz CT molecular complexity index is 554. The summed E-state index contributed by atoms with van der Waals surface area (Å²) in [4.78, 5) is 12.1. The van der Waals surface area contributed by atoms with Gasteiger partial charge in [-0.3, -0.25) is 4.79 Å². The standard InChI is InChI=1S/C13H20F2O9S/c1-12(6-20-2-9-4-22-9,7-21-3-10-5-23-10)11(16)24-8-13(14,15)25(17,18)19/h9-10H,2-8H2,1H3,(H,17,18,19)/p-1. The lowest BCUT2D eigenvalue weighted by Crippen LogP contribution is -2.43. The van der Waals surface area contributed by atoms with Crippen molar-refractivity contribution in [2.24, 2.45) is 5.41 Å². The monoisotopic (exact) mass is 389 g/mol. The van der Waals surface area contributed by atoms with Crippen LogP contribution in [-0.4, -0.2) is 82.7 Å². The van der Waals surface area contributed by atoms with Crippen LogP contribution in [-0.2, 0) is 38.6 Å². The molecule has 2 fully saturated rings. The second kappa shape index (κ2) is 7.76. The summed E-state index contributed by atoms with van der Waals surface area (Å²) in [6.45, 7) is 0.541. The van der Waals surface area contributed by atoms with Crippen LogP contribution in [0.4, 0.5) is 8.78 Å². The number of esters is 1. The van der Waals surface area contributed by atoms with Crippen molar-refractivity contribution in [1.29, 1.82) is 0 Å². The number of ether oxygens (including phenoxy) is 5. The Morgan fingerprint density at radius 3 is 1.92 bits per heavy atom. The van der Waals surface area contributed by atoms with E-state index in [-0.39, 0.29) is 38.6 Å². The highest BCUT2D eigenvalue weighted by Crippen LogP contribution is 2.26. The number of alkyl halides is 2. The van der Waals surface area contributed by atoms with E-state index in [2.05, 4.69) is 4.74 Å². The summed E-state index contributed by atoms with van der Waals surface area (Å²) in [5.41, 5.74) is -1.47. The third-order valence-electron chi connectivity index (χ3n) is 3.48. The molecule has 2 atom stereocenters. The lowest BCUT2D eigenvalue weighted by Gasteiger charge is -2.28. The third kappa shape index (κ3) is 6.38. The van der Waals surface area contributed by atoms with Gasteiger partial charge in [-0.1, -0.05) is 0 Å². The molecule has 2 rings (SSSR count). The normalized spacial score (nSPS) is 25.3. The number of carbonyl (C=O) groups is 1. The van der Waals surface area contributed by atoms with Crippen LogP contribution in [0.2, 0.25) is 0 Å². The van der Waals surface area contributed by atoms with Crippen LogP contribution < -0.4 is 0 Å². The molecular formula is C13H19F2O9S-. The minimum absolute atomic E-state index is 0.0732. The first kappa shape index (κ1) is 20.4. The quantitative estimate of drug-likeness (QED) is 0.247. The van der Waals surface area contributed by atoms with Gasteiger partial charge in [0.15, 0.2) is 16.7 Å². The molecule has 0 aliphatic carbocycles. The van der Waals surface area contributed by atoms with Gasteiger partial charge in [0.25, 0.3) is 0 Å². The van der Waals surface area contributed by atoms with Crippen LogP contribution in [0, 0.1) is 5.41 Å². The maximum absolute atomic E-state index is 13.1. The van der Waals surface area contributed by atoms with Gasteiger partial charge in [-0.25, -0.2) is 8.42 Å². The number of rotatable bonds is 12. The first-order chi connectivity index (χ1) is 11.5. The Kier molecular flexibility index (Phi) is 6.33. The number of hydrogen-bond acceptors (Lipinski definition) is 9. The van der Waals surface area contributed by atoms with E-state index in [9.17, 15) is 26.5 Å². The highest BCUT2D eigenvalue weighted by atomic mass is 32.2. The third-order valence-corrected chi connectivity index (χ3v) is 4.33. The summed E-state index contributed by atoms with van der Waals surface area (Å²) in [5, 5.41) is -4.71.